The van der Waals surface area contributed by atoms with Crippen molar-refractivity contribution in [3.8, 4) is 10.6 Å². The van der Waals surface area contributed by atoms with Crippen molar-refractivity contribution < 1.29 is 0 Å². The van der Waals surface area contributed by atoms with Gasteiger partial charge in [0.1, 0.15) is 5.01 Å². The fourth-order valence-electron chi connectivity index (χ4n) is 2.20. The van der Waals surface area contributed by atoms with Crippen molar-refractivity contribution in [2.24, 2.45) is 0 Å². The van der Waals surface area contributed by atoms with Crippen LogP contribution in [0.3, 0.4) is 0 Å². The molecule has 1 N–H and O–H groups in total. The molecule has 0 aliphatic carbocycles. The number of thiazole rings is 2. The molecule has 0 bridgehead atoms. The molecular weight excluding hydrogens is 334 g/mol. The number of aromatic nitrogens is 2. The average Bonchev–Trinajstić information content (AvgIpc) is 3.15. The zero-order chi connectivity index (χ0) is 15.5. The summed E-state index contributed by atoms with van der Waals surface area (Å²) in [7, 11) is 0. The summed E-state index contributed by atoms with van der Waals surface area (Å²) in [5.41, 5.74) is 5.12. The van der Waals surface area contributed by atoms with Crippen LogP contribution in [0.4, 0.5) is 0 Å². The van der Waals surface area contributed by atoms with Gasteiger partial charge in [0.25, 0.3) is 0 Å². The van der Waals surface area contributed by atoms with Gasteiger partial charge in [0.05, 0.1) is 16.9 Å². The maximum Gasteiger partial charge on any atom is 0.123 e. The smallest absolute Gasteiger partial charge is 0.123 e. The van der Waals surface area contributed by atoms with Crippen molar-refractivity contribution >= 4 is 34.3 Å². The number of benzene rings is 1. The van der Waals surface area contributed by atoms with Crippen LogP contribution in [-0.4, -0.2) is 9.97 Å². The summed E-state index contributed by atoms with van der Waals surface area (Å²) in [6.45, 7) is 5.00. The Morgan fingerprint density at radius 3 is 2.73 bits per heavy atom. The van der Waals surface area contributed by atoms with E-state index in [0.717, 1.165) is 33.5 Å². The lowest BCUT2D eigenvalue weighted by atomic mass is 10.2. The predicted molar refractivity (Wildman–Crippen MR) is 94.7 cm³/mol. The van der Waals surface area contributed by atoms with Gasteiger partial charge in [0, 0.05) is 33.4 Å². The second kappa shape index (κ2) is 6.87. The Morgan fingerprint density at radius 1 is 1.27 bits per heavy atom. The molecule has 1 atom stereocenters. The molecule has 2 heterocycles. The molecule has 0 saturated heterocycles. The number of aryl methyl sites for hydroxylation is 1. The van der Waals surface area contributed by atoms with Gasteiger partial charge in [-0.2, -0.15) is 0 Å². The van der Waals surface area contributed by atoms with Gasteiger partial charge in [0.15, 0.2) is 0 Å². The van der Waals surface area contributed by atoms with Crippen molar-refractivity contribution in [2.75, 3.05) is 0 Å². The molecule has 3 rings (SSSR count). The fraction of sp³-hybridized carbons (Fsp3) is 0.250. The Labute approximate surface area is 143 Å². The Kier molecular flexibility index (Phi) is 4.88. The summed E-state index contributed by atoms with van der Waals surface area (Å²) in [6, 6.07) is 8.07. The molecule has 0 amide bonds. The van der Waals surface area contributed by atoms with E-state index in [1.807, 2.05) is 29.8 Å². The van der Waals surface area contributed by atoms with Crippen molar-refractivity contribution in [1.29, 1.82) is 0 Å². The molecule has 2 aromatic heterocycles. The van der Waals surface area contributed by atoms with Crippen LogP contribution in [-0.2, 0) is 6.54 Å². The summed E-state index contributed by atoms with van der Waals surface area (Å²) < 4.78 is 0. The lowest BCUT2D eigenvalue weighted by Crippen LogP contribution is -2.18. The van der Waals surface area contributed by atoms with Crippen LogP contribution < -0.4 is 5.32 Å². The second-order valence-corrected chi connectivity index (χ2v) is 7.24. The van der Waals surface area contributed by atoms with Gasteiger partial charge >= 0.3 is 0 Å². The minimum Gasteiger partial charge on any atom is -0.304 e. The van der Waals surface area contributed by atoms with Gasteiger partial charge in [-0.3, -0.25) is 0 Å². The third kappa shape index (κ3) is 3.55. The minimum absolute atomic E-state index is 0.250. The summed E-state index contributed by atoms with van der Waals surface area (Å²) in [5, 5.41) is 7.36. The van der Waals surface area contributed by atoms with Crippen LogP contribution in [0.5, 0.6) is 0 Å². The van der Waals surface area contributed by atoms with E-state index in [-0.39, 0.29) is 6.04 Å². The Hall–Kier alpha value is -1.27. The van der Waals surface area contributed by atoms with Crippen LogP contribution in [0.1, 0.15) is 29.2 Å². The van der Waals surface area contributed by atoms with E-state index in [9.17, 15) is 0 Å². The monoisotopic (exact) mass is 349 g/mol. The number of hydrogen-bond donors (Lipinski definition) is 1. The van der Waals surface area contributed by atoms with Crippen molar-refractivity contribution in [1.82, 2.24) is 15.3 Å². The topological polar surface area (TPSA) is 37.8 Å². The Bertz CT molecular complexity index is 735. The van der Waals surface area contributed by atoms with Crippen LogP contribution >= 0.6 is 34.3 Å². The van der Waals surface area contributed by atoms with Gasteiger partial charge in [0.2, 0.25) is 0 Å². The molecule has 0 aliphatic heterocycles. The van der Waals surface area contributed by atoms with Gasteiger partial charge in [-0.15, -0.1) is 22.7 Å². The molecule has 1 aromatic carbocycles. The average molecular weight is 350 g/mol. The van der Waals surface area contributed by atoms with E-state index in [1.54, 1.807) is 22.7 Å². The first kappa shape index (κ1) is 15.6. The Balaban J connectivity index is 1.75. The minimum atomic E-state index is 0.250. The number of hydrogen-bond acceptors (Lipinski definition) is 5. The van der Waals surface area contributed by atoms with E-state index >= 15 is 0 Å². The fourth-order valence-corrected chi connectivity index (χ4v) is 3.98. The van der Waals surface area contributed by atoms with E-state index in [4.69, 9.17) is 16.6 Å². The van der Waals surface area contributed by atoms with Gasteiger partial charge < -0.3 is 5.32 Å². The first-order chi connectivity index (χ1) is 10.6. The number of nitrogens with one attached hydrogen (secondary N) is 1. The highest BCUT2D eigenvalue weighted by Crippen LogP contribution is 2.32. The summed E-state index contributed by atoms with van der Waals surface area (Å²) in [5.74, 6) is 0. The molecule has 114 valence electrons. The summed E-state index contributed by atoms with van der Waals surface area (Å²) in [4.78, 5) is 10.3. The van der Waals surface area contributed by atoms with Crippen LogP contribution in [0, 0.1) is 6.92 Å². The molecule has 0 fully saturated rings. The lowest BCUT2D eigenvalue weighted by molar-refractivity contribution is 0.574. The van der Waals surface area contributed by atoms with Crippen molar-refractivity contribution in [3.63, 3.8) is 0 Å². The van der Waals surface area contributed by atoms with Gasteiger partial charge in [-0.25, -0.2) is 9.97 Å². The SMILES string of the molecule is Cc1nc(-c2ccc(Cl)cc2)sc1C(C)NCc1cscn1. The first-order valence-electron chi connectivity index (χ1n) is 6.97. The van der Waals surface area contributed by atoms with Gasteiger partial charge in [-0.05, 0) is 26.0 Å². The first-order valence-corrected chi connectivity index (χ1v) is 9.11. The quantitative estimate of drug-likeness (QED) is 0.698. The van der Waals surface area contributed by atoms with Gasteiger partial charge in [-0.1, -0.05) is 23.7 Å². The molecule has 3 aromatic rings. The highest BCUT2D eigenvalue weighted by Gasteiger charge is 2.15. The zero-order valence-corrected chi connectivity index (χ0v) is 14.7. The number of rotatable bonds is 5. The van der Waals surface area contributed by atoms with Crippen molar-refractivity contribution in [3.05, 3.63) is 56.4 Å². The molecule has 22 heavy (non-hydrogen) atoms. The normalized spacial score (nSPS) is 12.5. The largest absolute Gasteiger partial charge is 0.304 e. The highest BCUT2D eigenvalue weighted by molar-refractivity contribution is 7.15. The number of halogens is 1. The molecular formula is C16H16ClN3S2. The predicted octanol–water partition coefficient (Wildman–Crippen LogP) is 5.08. The molecule has 6 heteroatoms. The molecule has 0 spiro atoms. The summed E-state index contributed by atoms with van der Waals surface area (Å²) in [6.07, 6.45) is 0. The van der Waals surface area contributed by atoms with E-state index < -0.39 is 0 Å². The third-order valence-corrected chi connectivity index (χ3v) is 5.67. The maximum absolute atomic E-state index is 5.94. The highest BCUT2D eigenvalue weighted by atomic mass is 35.5. The second-order valence-electron chi connectivity index (χ2n) is 5.06. The van der Waals surface area contributed by atoms with Crippen molar-refractivity contribution in [2.45, 2.75) is 26.4 Å². The molecule has 0 aliphatic rings. The van der Waals surface area contributed by atoms with E-state index in [2.05, 4.69) is 29.5 Å². The molecule has 3 nitrogen and oxygen atoms in total. The maximum atomic E-state index is 5.94. The zero-order valence-electron chi connectivity index (χ0n) is 12.3. The molecule has 0 saturated carbocycles. The number of nitrogens with zero attached hydrogens (tertiary/aromatic N) is 2. The summed E-state index contributed by atoms with van der Waals surface area (Å²) >= 11 is 9.29. The standard InChI is InChI=1S/C16H16ClN3S2/c1-10(18-7-14-8-21-9-19-14)15-11(2)20-16(22-15)12-3-5-13(17)6-4-12/h3-6,8-10,18H,7H2,1-2H3. The van der Waals surface area contributed by atoms with Crippen LogP contribution in [0.25, 0.3) is 10.6 Å². The van der Waals surface area contributed by atoms with E-state index in [0.29, 0.717) is 0 Å². The lowest BCUT2D eigenvalue weighted by Gasteiger charge is -2.11. The molecule has 1 unspecified atom stereocenters. The van der Waals surface area contributed by atoms with E-state index in [1.165, 1.54) is 4.88 Å². The molecule has 0 radical (unpaired) electrons. The Morgan fingerprint density at radius 2 is 2.05 bits per heavy atom. The van der Waals surface area contributed by atoms with Crippen LogP contribution in [0.15, 0.2) is 35.2 Å². The third-order valence-electron chi connectivity index (χ3n) is 3.39. The van der Waals surface area contributed by atoms with Crippen LogP contribution in [0.2, 0.25) is 5.02 Å².